The minimum atomic E-state index is -0.309. The zero-order valence-corrected chi connectivity index (χ0v) is 15.3. The van der Waals surface area contributed by atoms with Crippen molar-refractivity contribution in [1.29, 1.82) is 0 Å². The summed E-state index contributed by atoms with van der Waals surface area (Å²) in [5.74, 6) is -0.315. The first-order valence-corrected chi connectivity index (χ1v) is 9.31. The van der Waals surface area contributed by atoms with E-state index in [1.807, 2.05) is 62.4 Å². The second-order valence-corrected chi connectivity index (χ2v) is 7.53. The maximum Gasteiger partial charge on any atom is 0.224 e. The van der Waals surface area contributed by atoms with E-state index in [9.17, 15) is 4.79 Å². The van der Waals surface area contributed by atoms with Crippen molar-refractivity contribution >= 4 is 27.5 Å². The molecule has 0 fully saturated rings. The Morgan fingerprint density at radius 3 is 2.52 bits per heavy atom. The quantitative estimate of drug-likeness (QED) is 0.710. The molecule has 0 aliphatic carbocycles. The summed E-state index contributed by atoms with van der Waals surface area (Å²) in [6, 6.07) is 17.5. The van der Waals surface area contributed by atoms with Gasteiger partial charge in [-0.05, 0) is 24.6 Å². The molecule has 3 N–H and O–H groups in total. The van der Waals surface area contributed by atoms with E-state index < -0.39 is 0 Å². The lowest BCUT2D eigenvalue weighted by Gasteiger charge is -2.22. The lowest BCUT2D eigenvalue weighted by atomic mass is 9.94. The number of benzene rings is 2. The van der Waals surface area contributed by atoms with Gasteiger partial charge in [0, 0.05) is 18.5 Å². The Labute approximate surface area is 152 Å². The van der Waals surface area contributed by atoms with Crippen LogP contribution in [0.25, 0.3) is 10.2 Å². The van der Waals surface area contributed by atoms with E-state index in [1.54, 1.807) is 11.3 Å². The van der Waals surface area contributed by atoms with Crippen LogP contribution in [0.15, 0.2) is 54.6 Å². The molecule has 0 bridgehead atoms. The Morgan fingerprint density at radius 2 is 1.80 bits per heavy atom. The number of nitrogens with one attached hydrogen (secondary N) is 1. The molecule has 0 aliphatic rings. The molecule has 0 saturated carbocycles. The number of aromatic nitrogens is 1. The molecule has 0 spiro atoms. The fraction of sp³-hybridized carbons (Fsp3) is 0.300. The molecule has 0 aliphatic heterocycles. The van der Waals surface area contributed by atoms with Gasteiger partial charge < -0.3 is 11.1 Å². The highest BCUT2D eigenvalue weighted by Gasteiger charge is 2.23. The van der Waals surface area contributed by atoms with E-state index in [2.05, 4.69) is 16.4 Å². The monoisotopic (exact) mass is 353 g/mol. The van der Waals surface area contributed by atoms with E-state index in [0.29, 0.717) is 0 Å². The summed E-state index contributed by atoms with van der Waals surface area (Å²) in [5.41, 5.74) is 8.24. The number of nitrogens with zero attached hydrogens (tertiary/aromatic N) is 1. The zero-order valence-electron chi connectivity index (χ0n) is 14.5. The van der Waals surface area contributed by atoms with Crippen LogP contribution in [0.5, 0.6) is 0 Å². The molecule has 1 heterocycles. The highest BCUT2D eigenvalue weighted by molar-refractivity contribution is 7.18. The van der Waals surface area contributed by atoms with E-state index >= 15 is 0 Å². The second kappa shape index (κ2) is 7.76. The molecule has 0 radical (unpaired) electrons. The predicted octanol–water partition coefficient (Wildman–Crippen LogP) is 3.68. The van der Waals surface area contributed by atoms with Gasteiger partial charge in [-0.2, -0.15) is 0 Å². The van der Waals surface area contributed by atoms with Crippen LogP contribution in [0.1, 0.15) is 30.5 Å². The maximum atomic E-state index is 12.5. The van der Waals surface area contributed by atoms with Crippen molar-refractivity contribution < 1.29 is 4.79 Å². The molecular weight excluding hydrogens is 330 g/mol. The van der Waals surface area contributed by atoms with Crippen LogP contribution in [0, 0.1) is 5.92 Å². The topological polar surface area (TPSA) is 68.0 Å². The Bertz CT molecular complexity index is 813. The van der Waals surface area contributed by atoms with Crippen LogP contribution in [0.2, 0.25) is 0 Å². The van der Waals surface area contributed by atoms with Gasteiger partial charge in [-0.25, -0.2) is 4.98 Å². The fourth-order valence-electron chi connectivity index (χ4n) is 2.82. The van der Waals surface area contributed by atoms with Gasteiger partial charge in [0.15, 0.2) is 0 Å². The molecule has 1 aromatic heterocycles. The number of amides is 1. The summed E-state index contributed by atoms with van der Waals surface area (Å²) in [4.78, 5) is 17.2. The molecule has 5 heteroatoms. The molecule has 1 amide bonds. The normalized spacial score (nSPS) is 14.8. The first-order valence-electron chi connectivity index (χ1n) is 8.50. The van der Waals surface area contributed by atoms with Crippen molar-refractivity contribution in [3.63, 3.8) is 0 Å². The predicted molar refractivity (Wildman–Crippen MR) is 103 cm³/mol. The van der Waals surface area contributed by atoms with E-state index in [4.69, 9.17) is 5.73 Å². The van der Waals surface area contributed by atoms with Gasteiger partial charge in [-0.15, -0.1) is 11.3 Å². The number of hydrogen-bond acceptors (Lipinski definition) is 4. The van der Waals surface area contributed by atoms with Gasteiger partial charge in [0.05, 0.1) is 21.1 Å². The lowest BCUT2D eigenvalue weighted by molar-refractivity contribution is -0.125. The van der Waals surface area contributed by atoms with Crippen molar-refractivity contribution in [2.45, 2.75) is 32.4 Å². The summed E-state index contributed by atoms with van der Waals surface area (Å²) in [5, 5.41) is 4.11. The number of para-hydroxylation sites is 1. The molecule has 0 saturated heterocycles. The first-order chi connectivity index (χ1) is 12.0. The van der Waals surface area contributed by atoms with Gasteiger partial charge >= 0.3 is 0 Å². The van der Waals surface area contributed by atoms with Crippen molar-refractivity contribution in [3.8, 4) is 0 Å². The van der Waals surface area contributed by atoms with Crippen LogP contribution in [-0.4, -0.2) is 16.9 Å². The van der Waals surface area contributed by atoms with Crippen LogP contribution in [-0.2, 0) is 11.2 Å². The highest BCUT2D eigenvalue weighted by atomic mass is 32.1. The third-order valence-electron chi connectivity index (χ3n) is 4.34. The van der Waals surface area contributed by atoms with Crippen LogP contribution >= 0.6 is 11.3 Å². The Hall–Kier alpha value is -2.24. The average molecular weight is 353 g/mol. The number of rotatable bonds is 6. The van der Waals surface area contributed by atoms with E-state index in [1.165, 1.54) is 4.70 Å². The number of hydrogen-bond donors (Lipinski definition) is 2. The third-order valence-corrected chi connectivity index (χ3v) is 5.40. The molecule has 25 heavy (non-hydrogen) atoms. The van der Waals surface area contributed by atoms with Crippen molar-refractivity contribution in [2.75, 3.05) is 0 Å². The maximum absolute atomic E-state index is 12.5. The smallest absolute Gasteiger partial charge is 0.224 e. The number of fused-ring (bicyclic) bond motifs is 1. The summed E-state index contributed by atoms with van der Waals surface area (Å²) < 4.78 is 1.18. The second-order valence-electron chi connectivity index (χ2n) is 6.41. The molecule has 3 atom stereocenters. The summed E-state index contributed by atoms with van der Waals surface area (Å²) in [6.45, 7) is 3.88. The molecular formula is C20H23N3OS. The van der Waals surface area contributed by atoms with Gasteiger partial charge in [0.2, 0.25) is 5.91 Å². The number of carbonyl (C=O) groups is 1. The molecule has 3 rings (SSSR count). The SMILES string of the molecule is CC(Cc1nc2ccccc2s1)NC(=O)C(C)C(N)c1ccccc1. The van der Waals surface area contributed by atoms with Gasteiger partial charge in [0.25, 0.3) is 0 Å². The van der Waals surface area contributed by atoms with Crippen LogP contribution in [0.4, 0.5) is 0 Å². The summed E-state index contributed by atoms with van der Waals surface area (Å²) in [6.07, 6.45) is 0.721. The lowest BCUT2D eigenvalue weighted by Crippen LogP contribution is -2.41. The average Bonchev–Trinajstić information content (AvgIpc) is 3.03. The van der Waals surface area contributed by atoms with Gasteiger partial charge in [-0.1, -0.05) is 49.4 Å². The van der Waals surface area contributed by atoms with Crippen molar-refractivity contribution in [1.82, 2.24) is 10.3 Å². The molecule has 3 aromatic rings. The minimum Gasteiger partial charge on any atom is -0.353 e. The van der Waals surface area contributed by atoms with Crippen LogP contribution in [0.3, 0.4) is 0 Å². The molecule has 2 aromatic carbocycles. The van der Waals surface area contributed by atoms with Crippen molar-refractivity contribution in [3.05, 3.63) is 65.2 Å². The van der Waals surface area contributed by atoms with Gasteiger partial charge in [0.1, 0.15) is 0 Å². The van der Waals surface area contributed by atoms with E-state index in [0.717, 1.165) is 22.5 Å². The van der Waals surface area contributed by atoms with Gasteiger partial charge in [-0.3, -0.25) is 4.79 Å². The molecule has 130 valence electrons. The largest absolute Gasteiger partial charge is 0.353 e. The standard InChI is InChI=1S/C20H23N3OS/c1-13(12-18-23-16-10-6-7-11-17(16)25-18)22-20(24)14(2)19(21)15-8-4-3-5-9-15/h3-11,13-14,19H,12,21H2,1-2H3,(H,22,24). The number of thiazole rings is 1. The number of nitrogens with two attached hydrogens (primary N) is 1. The minimum absolute atomic E-state index is 0.0125. The van der Waals surface area contributed by atoms with Crippen LogP contribution < -0.4 is 11.1 Å². The Balaban J connectivity index is 1.59. The zero-order chi connectivity index (χ0) is 17.8. The molecule has 4 nitrogen and oxygen atoms in total. The Morgan fingerprint density at radius 1 is 1.12 bits per heavy atom. The van der Waals surface area contributed by atoms with Crippen molar-refractivity contribution in [2.24, 2.45) is 11.7 Å². The third kappa shape index (κ3) is 4.24. The Kier molecular flexibility index (Phi) is 5.46. The highest BCUT2D eigenvalue weighted by Crippen LogP contribution is 2.23. The molecule has 3 unspecified atom stereocenters. The summed E-state index contributed by atoms with van der Waals surface area (Å²) in [7, 11) is 0. The fourth-order valence-corrected chi connectivity index (χ4v) is 3.92. The first kappa shape index (κ1) is 17.6. The number of carbonyl (C=O) groups excluding carboxylic acids is 1. The van der Waals surface area contributed by atoms with E-state index in [-0.39, 0.29) is 23.9 Å². The summed E-state index contributed by atoms with van der Waals surface area (Å²) >= 11 is 1.68.